The average molecular weight is 420 g/mol. The number of aliphatic hydroxyl groups excluding tert-OH is 1. The first-order chi connectivity index (χ1) is 14.8. The Balaban J connectivity index is 2.14. The van der Waals surface area contributed by atoms with Crippen LogP contribution < -0.4 is 4.74 Å². The maximum Gasteiger partial charge on any atom is 0.295 e. The summed E-state index contributed by atoms with van der Waals surface area (Å²) in [4.78, 5) is 27.2. The van der Waals surface area contributed by atoms with Crippen molar-refractivity contribution in [2.24, 2.45) is 0 Å². The topological polar surface area (TPSA) is 66.8 Å². The first kappa shape index (κ1) is 22.3. The molecule has 162 valence electrons. The summed E-state index contributed by atoms with van der Waals surface area (Å²) in [5.74, 6) is -0.438. The predicted octanol–water partition coefficient (Wildman–Crippen LogP) is 5.12. The van der Waals surface area contributed by atoms with Gasteiger partial charge in [-0.15, -0.1) is 6.58 Å². The highest BCUT2D eigenvalue weighted by atomic mass is 16.5. The minimum atomic E-state index is -0.691. The molecular formula is C26H29NO4. The summed E-state index contributed by atoms with van der Waals surface area (Å²) >= 11 is 0. The van der Waals surface area contributed by atoms with E-state index in [2.05, 4.69) is 20.4 Å². The van der Waals surface area contributed by atoms with Gasteiger partial charge in [-0.2, -0.15) is 0 Å². The van der Waals surface area contributed by atoms with Crippen molar-refractivity contribution in [1.82, 2.24) is 4.90 Å². The zero-order valence-electron chi connectivity index (χ0n) is 18.5. The largest absolute Gasteiger partial charge is 0.507 e. The number of ether oxygens (including phenoxy) is 1. The Bertz CT molecular complexity index is 1030. The SMILES string of the molecule is C=CCN1C(=O)C(=O)/C(=C(\O)c2ccc(OCC)c(C)c2)C1c1ccc(C(C)C)cc1. The molecule has 0 spiro atoms. The molecule has 0 saturated carbocycles. The van der Waals surface area contributed by atoms with Gasteiger partial charge in [0.2, 0.25) is 0 Å². The number of hydrogen-bond donors (Lipinski definition) is 1. The van der Waals surface area contributed by atoms with Crippen LogP contribution in [-0.4, -0.2) is 34.8 Å². The molecule has 1 amide bonds. The lowest BCUT2D eigenvalue weighted by Gasteiger charge is -2.24. The van der Waals surface area contributed by atoms with Crippen LogP contribution in [-0.2, 0) is 9.59 Å². The number of nitrogens with zero attached hydrogens (tertiary/aromatic N) is 1. The Morgan fingerprint density at radius 3 is 2.42 bits per heavy atom. The highest BCUT2D eigenvalue weighted by molar-refractivity contribution is 6.46. The molecule has 0 bridgehead atoms. The summed E-state index contributed by atoms with van der Waals surface area (Å²) in [6.45, 7) is 12.4. The molecule has 3 rings (SSSR count). The van der Waals surface area contributed by atoms with E-state index in [9.17, 15) is 14.7 Å². The lowest BCUT2D eigenvalue weighted by Crippen LogP contribution is -2.29. The molecule has 0 aromatic heterocycles. The minimum absolute atomic E-state index is 0.0905. The van der Waals surface area contributed by atoms with E-state index >= 15 is 0 Å². The molecule has 31 heavy (non-hydrogen) atoms. The quantitative estimate of drug-likeness (QED) is 0.293. The van der Waals surface area contributed by atoms with Gasteiger partial charge in [0.05, 0.1) is 18.2 Å². The number of ketones is 1. The van der Waals surface area contributed by atoms with Gasteiger partial charge in [-0.1, -0.05) is 44.2 Å². The van der Waals surface area contributed by atoms with Crippen molar-refractivity contribution >= 4 is 17.4 Å². The minimum Gasteiger partial charge on any atom is -0.507 e. The third-order valence-electron chi connectivity index (χ3n) is 5.53. The molecule has 1 aliphatic heterocycles. The number of hydrogen-bond acceptors (Lipinski definition) is 4. The predicted molar refractivity (Wildman–Crippen MR) is 122 cm³/mol. The van der Waals surface area contributed by atoms with Crippen LogP contribution in [0.25, 0.3) is 5.76 Å². The van der Waals surface area contributed by atoms with E-state index in [1.54, 1.807) is 24.3 Å². The van der Waals surface area contributed by atoms with E-state index < -0.39 is 17.7 Å². The second kappa shape index (κ2) is 9.21. The maximum absolute atomic E-state index is 13.0. The van der Waals surface area contributed by atoms with E-state index in [0.717, 1.165) is 16.7 Å². The van der Waals surface area contributed by atoms with Gasteiger partial charge in [0.15, 0.2) is 0 Å². The third kappa shape index (κ3) is 4.26. The second-order valence-corrected chi connectivity index (χ2v) is 7.97. The Morgan fingerprint density at radius 1 is 1.19 bits per heavy atom. The molecular weight excluding hydrogens is 390 g/mol. The summed E-state index contributed by atoms with van der Waals surface area (Å²) < 4.78 is 5.57. The molecule has 0 aliphatic carbocycles. The highest BCUT2D eigenvalue weighted by Crippen LogP contribution is 2.40. The molecule has 1 N–H and O–H groups in total. The van der Waals surface area contributed by atoms with Gasteiger partial charge >= 0.3 is 0 Å². The molecule has 5 nitrogen and oxygen atoms in total. The molecule has 1 saturated heterocycles. The van der Waals surface area contributed by atoms with Crippen molar-refractivity contribution in [3.8, 4) is 5.75 Å². The first-order valence-electron chi connectivity index (χ1n) is 10.5. The Morgan fingerprint density at radius 2 is 1.87 bits per heavy atom. The Hall–Kier alpha value is -3.34. The number of rotatable bonds is 7. The number of benzene rings is 2. The zero-order chi connectivity index (χ0) is 22.7. The van der Waals surface area contributed by atoms with Crippen LogP contribution >= 0.6 is 0 Å². The highest BCUT2D eigenvalue weighted by Gasteiger charge is 2.45. The number of aliphatic hydroxyl groups is 1. The first-order valence-corrected chi connectivity index (χ1v) is 10.5. The fourth-order valence-electron chi connectivity index (χ4n) is 3.89. The van der Waals surface area contributed by atoms with Crippen LogP contribution in [0.5, 0.6) is 5.75 Å². The van der Waals surface area contributed by atoms with Crippen LogP contribution in [0.1, 0.15) is 55.0 Å². The van der Waals surface area contributed by atoms with E-state index in [1.165, 1.54) is 4.90 Å². The Labute approximate surface area is 183 Å². The average Bonchev–Trinajstić information content (AvgIpc) is 3.00. The zero-order valence-corrected chi connectivity index (χ0v) is 18.5. The molecule has 2 aromatic rings. The van der Waals surface area contributed by atoms with Crippen molar-refractivity contribution in [2.45, 2.75) is 39.7 Å². The Kier molecular flexibility index (Phi) is 6.64. The van der Waals surface area contributed by atoms with Crippen molar-refractivity contribution in [1.29, 1.82) is 0 Å². The van der Waals surface area contributed by atoms with Gasteiger partial charge in [-0.3, -0.25) is 9.59 Å². The number of Topliss-reactive ketones (excluding diaryl/α,β-unsaturated/α-hetero) is 1. The van der Waals surface area contributed by atoms with E-state index in [1.807, 2.05) is 38.1 Å². The fourth-order valence-corrected chi connectivity index (χ4v) is 3.89. The molecule has 1 aliphatic rings. The van der Waals surface area contributed by atoms with E-state index in [-0.39, 0.29) is 17.9 Å². The van der Waals surface area contributed by atoms with Gasteiger partial charge in [0, 0.05) is 12.1 Å². The van der Waals surface area contributed by atoms with E-state index in [4.69, 9.17) is 4.74 Å². The normalized spacial score (nSPS) is 18.0. The maximum atomic E-state index is 13.0. The summed E-state index contributed by atoms with van der Waals surface area (Å²) in [5.41, 5.74) is 3.33. The van der Waals surface area contributed by atoms with E-state index in [0.29, 0.717) is 23.8 Å². The van der Waals surface area contributed by atoms with Crippen LogP contribution in [0.2, 0.25) is 0 Å². The summed E-state index contributed by atoms with van der Waals surface area (Å²) in [7, 11) is 0. The van der Waals surface area contributed by atoms with Crippen LogP contribution in [0.3, 0.4) is 0 Å². The molecule has 1 unspecified atom stereocenters. The number of carbonyl (C=O) groups is 2. The number of aryl methyl sites for hydroxylation is 1. The van der Waals surface area contributed by atoms with Crippen LogP contribution in [0, 0.1) is 6.92 Å². The third-order valence-corrected chi connectivity index (χ3v) is 5.53. The van der Waals surface area contributed by atoms with Crippen LogP contribution in [0.15, 0.2) is 60.7 Å². The summed E-state index contributed by atoms with van der Waals surface area (Å²) in [6.07, 6.45) is 1.59. The van der Waals surface area contributed by atoms with Gasteiger partial charge in [-0.05, 0) is 54.7 Å². The lowest BCUT2D eigenvalue weighted by molar-refractivity contribution is -0.139. The van der Waals surface area contributed by atoms with Crippen molar-refractivity contribution < 1.29 is 19.4 Å². The smallest absolute Gasteiger partial charge is 0.295 e. The summed E-state index contributed by atoms with van der Waals surface area (Å²) in [6, 6.07) is 12.4. The van der Waals surface area contributed by atoms with Gasteiger partial charge in [-0.25, -0.2) is 0 Å². The van der Waals surface area contributed by atoms with Crippen LogP contribution in [0.4, 0.5) is 0 Å². The van der Waals surface area contributed by atoms with Gasteiger partial charge in [0.1, 0.15) is 11.5 Å². The summed E-state index contributed by atoms with van der Waals surface area (Å²) in [5, 5.41) is 11.1. The standard InChI is InChI=1S/C26H29NO4/c1-6-14-27-23(19-10-8-18(9-11-19)16(3)4)22(25(29)26(27)30)24(28)20-12-13-21(31-7-2)17(5)15-20/h6,8-13,15-16,23,28H,1,7,14H2,2-5H3/b24-22-. The number of likely N-dealkylation sites (tertiary alicyclic amines) is 1. The number of carbonyl (C=O) groups excluding carboxylic acids is 2. The molecule has 1 heterocycles. The number of amides is 1. The molecule has 5 heteroatoms. The lowest BCUT2D eigenvalue weighted by atomic mass is 9.93. The van der Waals surface area contributed by atoms with Crippen molar-refractivity contribution in [3.63, 3.8) is 0 Å². The fraction of sp³-hybridized carbons (Fsp3) is 0.308. The van der Waals surface area contributed by atoms with Crippen molar-refractivity contribution in [2.75, 3.05) is 13.2 Å². The van der Waals surface area contributed by atoms with Crippen molar-refractivity contribution in [3.05, 3.63) is 82.9 Å². The van der Waals surface area contributed by atoms with Gasteiger partial charge in [0.25, 0.3) is 11.7 Å². The second-order valence-electron chi connectivity index (χ2n) is 7.97. The molecule has 1 atom stereocenters. The van der Waals surface area contributed by atoms with Gasteiger partial charge < -0.3 is 14.7 Å². The molecule has 2 aromatic carbocycles. The monoisotopic (exact) mass is 419 g/mol. The molecule has 0 radical (unpaired) electrons. The molecule has 1 fully saturated rings.